The number of ether oxygens (including phenoxy) is 1. The number of ketones is 1. The fourth-order valence-corrected chi connectivity index (χ4v) is 3.83. The molecule has 5 nitrogen and oxygen atoms in total. The first-order valence-electron chi connectivity index (χ1n) is 7.92. The topological polar surface area (TPSA) is 65.0 Å². The monoisotopic (exact) mass is 355 g/mol. The summed E-state index contributed by atoms with van der Waals surface area (Å²) in [6.07, 6.45) is 0. The third-order valence-electron chi connectivity index (χ3n) is 4.51. The zero-order chi connectivity index (χ0) is 17.6. The Labute approximate surface area is 149 Å². The molecule has 4 rings (SSSR count). The minimum absolute atomic E-state index is 0.00229. The third kappa shape index (κ3) is 2.05. The minimum Gasteiger partial charge on any atom is -0.461 e. The molecule has 0 unspecified atom stereocenters. The second kappa shape index (κ2) is 5.70. The third-order valence-corrected chi connectivity index (χ3v) is 5.03. The maximum Gasteiger partial charge on any atom is 0.357 e. The van der Waals surface area contributed by atoms with Crippen molar-refractivity contribution in [1.29, 1.82) is 0 Å². The van der Waals surface area contributed by atoms with Crippen LogP contribution in [0.4, 0.5) is 0 Å². The number of benzene rings is 2. The minimum atomic E-state index is -1.23. The van der Waals surface area contributed by atoms with Gasteiger partial charge in [0.15, 0.2) is 11.5 Å². The molecule has 0 aromatic heterocycles. The van der Waals surface area contributed by atoms with E-state index in [0.717, 1.165) is 0 Å². The van der Waals surface area contributed by atoms with E-state index < -0.39 is 16.9 Å². The van der Waals surface area contributed by atoms with Gasteiger partial charge in [-0.05, 0) is 6.92 Å². The number of rotatable bonds is 2. The number of halogens is 1. The van der Waals surface area contributed by atoms with Gasteiger partial charge in [-0.2, -0.15) is 0 Å². The van der Waals surface area contributed by atoms with Gasteiger partial charge in [-0.1, -0.05) is 53.7 Å². The first-order chi connectivity index (χ1) is 12.1. The molecular weight excluding hydrogens is 342 g/mol. The van der Waals surface area contributed by atoms with Crippen LogP contribution in [-0.2, 0) is 20.0 Å². The highest BCUT2D eigenvalue weighted by atomic mass is 35.5. The van der Waals surface area contributed by atoms with Crippen LogP contribution in [0.2, 0.25) is 0 Å². The molecule has 1 atom stereocenters. The van der Waals surface area contributed by atoms with Crippen molar-refractivity contribution in [2.24, 2.45) is 5.16 Å². The smallest absolute Gasteiger partial charge is 0.357 e. The number of alkyl halides is 1. The van der Waals surface area contributed by atoms with Gasteiger partial charge in [-0.25, -0.2) is 4.79 Å². The number of carbonyl (C=O) groups is 2. The molecule has 0 radical (unpaired) electrons. The van der Waals surface area contributed by atoms with Crippen LogP contribution in [0.3, 0.4) is 0 Å². The van der Waals surface area contributed by atoms with Gasteiger partial charge in [-0.3, -0.25) is 4.79 Å². The van der Waals surface area contributed by atoms with Crippen molar-refractivity contribution in [3.05, 3.63) is 70.8 Å². The van der Waals surface area contributed by atoms with Gasteiger partial charge in [0, 0.05) is 22.3 Å². The van der Waals surface area contributed by atoms with E-state index >= 15 is 0 Å². The number of fused-ring (bicyclic) bond motifs is 4. The van der Waals surface area contributed by atoms with E-state index in [2.05, 4.69) is 5.16 Å². The molecule has 0 amide bonds. The fraction of sp³-hybridized carbons (Fsp3) is 0.211. The van der Waals surface area contributed by atoms with Crippen molar-refractivity contribution in [3.8, 4) is 0 Å². The molecule has 0 bridgehead atoms. The van der Waals surface area contributed by atoms with Crippen molar-refractivity contribution in [1.82, 2.24) is 0 Å². The van der Waals surface area contributed by atoms with Gasteiger partial charge >= 0.3 is 5.97 Å². The Kier molecular flexibility index (Phi) is 3.62. The van der Waals surface area contributed by atoms with E-state index in [4.69, 9.17) is 21.2 Å². The van der Waals surface area contributed by atoms with Gasteiger partial charge < -0.3 is 9.57 Å². The van der Waals surface area contributed by atoms with E-state index in [0.29, 0.717) is 22.3 Å². The lowest BCUT2D eigenvalue weighted by Gasteiger charge is -2.36. The normalized spacial score (nSPS) is 19.7. The van der Waals surface area contributed by atoms with Crippen LogP contribution >= 0.6 is 11.6 Å². The summed E-state index contributed by atoms with van der Waals surface area (Å²) in [7, 11) is 0. The van der Waals surface area contributed by atoms with Crippen molar-refractivity contribution in [3.63, 3.8) is 0 Å². The molecule has 6 heteroatoms. The second-order valence-electron chi connectivity index (χ2n) is 5.81. The molecule has 126 valence electrons. The summed E-state index contributed by atoms with van der Waals surface area (Å²) in [6, 6.07) is 14.2. The molecule has 1 heterocycles. The lowest BCUT2D eigenvalue weighted by atomic mass is 9.72. The molecular formula is C19H14ClNO4. The van der Waals surface area contributed by atoms with E-state index in [9.17, 15) is 9.59 Å². The summed E-state index contributed by atoms with van der Waals surface area (Å²) in [6.45, 7) is 1.91. The molecule has 1 aliphatic heterocycles. The summed E-state index contributed by atoms with van der Waals surface area (Å²) < 4.78 is 5.03. The van der Waals surface area contributed by atoms with Gasteiger partial charge in [-0.15, -0.1) is 11.6 Å². The van der Waals surface area contributed by atoms with Crippen LogP contribution < -0.4 is 0 Å². The summed E-state index contributed by atoms with van der Waals surface area (Å²) in [5.41, 5.74) is 0.954. The largest absolute Gasteiger partial charge is 0.461 e. The number of esters is 1. The van der Waals surface area contributed by atoms with Crippen LogP contribution in [-0.4, -0.2) is 29.4 Å². The Hall–Kier alpha value is -2.66. The highest BCUT2D eigenvalue weighted by Crippen LogP contribution is 2.49. The Morgan fingerprint density at radius 2 is 1.72 bits per heavy atom. The summed E-state index contributed by atoms with van der Waals surface area (Å²) in [4.78, 5) is 30.8. The second-order valence-corrected chi connectivity index (χ2v) is 6.24. The number of oxime groups is 1. The molecule has 25 heavy (non-hydrogen) atoms. The predicted molar refractivity (Wildman–Crippen MR) is 91.9 cm³/mol. The van der Waals surface area contributed by atoms with Gasteiger partial charge in [0.05, 0.1) is 6.61 Å². The average molecular weight is 356 g/mol. The number of carbonyl (C=O) groups excluding carboxylic acids is 2. The van der Waals surface area contributed by atoms with Crippen LogP contribution in [0.1, 0.15) is 34.0 Å². The number of hydrogen-bond acceptors (Lipinski definition) is 5. The van der Waals surface area contributed by atoms with Crippen LogP contribution in [0.25, 0.3) is 0 Å². The van der Waals surface area contributed by atoms with E-state index in [1.54, 1.807) is 55.5 Å². The van der Waals surface area contributed by atoms with Crippen molar-refractivity contribution < 1.29 is 19.2 Å². The molecule has 0 N–H and O–H groups in total. The van der Waals surface area contributed by atoms with Crippen molar-refractivity contribution in [2.75, 3.05) is 6.61 Å². The van der Waals surface area contributed by atoms with Gasteiger partial charge in [0.1, 0.15) is 5.38 Å². The highest BCUT2D eigenvalue weighted by Gasteiger charge is 2.57. The van der Waals surface area contributed by atoms with Crippen LogP contribution in [0.15, 0.2) is 53.7 Å². The van der Waals surface area contributed by atoms with Crippen LogP contribution in [0.5, 0.6) is 0 Å². The lowest BCUT2D eigenvalue weighted by Crippen LogP contribution is -2.45. The van der Waals surface area contributed by atoms with Crippen molar-refractivity contribution in [2.45, 2.75) is 17.9 Å². The highest BCUT2D eigenvalue weighted by molar-refractivity contribution is 6.51. The van der Waals surface area contributed by atoms with Gasteiger partial charge in [0.25, 0.3) is 0 Å². The predicted octanol–water partition coefficient (Wildman–Crippen LogP) is 3.03. The first kappa shape index (κ1) is 15.8. The number of hydrogen-bond donors (Lipinski definition) is 0. The Morgan fingerprint density at radius 3 is 2.28 bits per heavy atom. The first-order valence-corrected chi connectivity index (χ1v) is 8.36. The lowest BCUT2D eigenvalue weighted by molar-refractivity contribution is -0.135. The molecule has 1 spiro atoms. The standard InChI is InChI=1S/C19H14ClNO4/c1-2-24-18(23)15-17(20)19(25-21-15)13-9-5-3-7-11(13)16(22)12-8-4-6-10-14(12)19/h3-10,17H,2H2,1H3/t17-/m1/s1. The maximum atomic E-state index is 12.8. The van der Waals surface area contributed by atoms with E-state index in [1.165, 1.54) is 0 Å². The summed E-state index contributed by atoms with van der Waals surface area (Å²) in [5.74, 6) is -0.722. The molecule has 1 aliphatic carbocycles. The molecule has 0 fully saturated rings. The fourth-order valence-electron chi connectivity index (χ4n) is 3.42. The summed E-state index contributed by atoms with van der Waals surface area (Å²) >= 11 is 6.68. The van der Waals surface area contributed by atoms with E-state index in [1.807, 2.05) is 0 Å². The molecule has 0 saturated carbocycles. The summed E-state index contributed by atoms with van der Waals surface area (Å²) in [5, 5.41) is 3.02. The average Bonchev–Trinajstić information content (AvgIpc) is 2.98. The SMILES string of the molecule is CCOC(=O)C1=NOC2(c3ccccc3C(=O)c3ccccc32)[C@@H]1Cl. The molecule has 2 aliphatic rings. The van der Waals surface area contributed by atoms with Gasteiger partial charge in [0.2, 0.25) is 5.60 Å². The quantitative estimate of drug-likeness (QED) is 0.613. The zero-order valence-electron chi connectivity index (χ0n) is 13.4. The van der Waals surface area contributed by atoms with Crippen molar-refractivity contribution >= 4 is 29.1 Å². The van der Waals surface area contributed by atoms with E-state index in [-0.39, 0.29) is 18.1 Å². The molecule has 0 saturated heterocycles. The Morgan fingerprint density at radius 1 is 1.16 bits per heavy atom. The van der Waals surface area contributed by atoms with Crippen LogP contribution in [0, 0.1) is 0 Å². The Balaban J connectivity index is 1.93. The number of nitrogens with zero attached hydrogens (tertiary/aromatic N) is 1. The molecule has 2 aromatic rings. The zero-order valence-corrected chi connectivity index (χ0v) is 14.1. The maximum absolute atomic E-state index is 12.8. The molecule has 2 aromatic carbocycles. The Bertz CT molecular complexity index is 872.